The lowest BCUT2D eigenvalue weighted by atomic mass is 9.99. The lowest BCUT2D eigenvalue weighted by molar-refractivity contribution is -0.117. The summed E-state index contributed by atoms with van der Waals surface area (Å²) in [5.41, 5.74) is 2.29. The smallest absolute Gasteiger partial charge is 0.408 e. The van der Waals surface area contributed by atoms with Crippen molar-refractivity contribution in [3.8, 4) is 0 Å². The van der Waals surface area contributed by atoms with Gasteiger partial charge in [0.15, 0.2) is 5.58 Å². The molecule has 2 rings (SSSR count). The van der Waals surface area contributed by atoms with Crippen LogP contribution in [0.2, 0.25) is 0 Å². The van der Waals surface area contributed by atoms with Crippen LogP contribution in [0.4, 0.5) is 0 Å². The molecule has 0 saturated heterocycles. The fraction of sp³-hybridized carbons (Fsp3) is 0.429. The number of carbonyl (C=O) groups excluding carboxylic acids is 1. The maximum atomic E-state index is 11.1. The van der Waals surface area contributed by atoms with Crippen molar-refractivity contribution in [2.75, 3.05) is 14.1 Å². The van der Waals surface area contributed by atoms with Crippen molar-refractivity contribution in [2.24, 2.45) is 0 Å². The maximum Gasteiger partial charge on any atom is 0.417 e. The highest BCUT2D eigenvalue weighted by atomic mass is 16.4. The first-order chi connectivity index (χ1) is 8.97. The van der Waals surface area contributed by atoms with Gasteiger partial charge in [0.25, 0.3) is 0 Å². The summed E-state index contributed by atoms with van der Waals surface area (Å²) in [5, 5.41) is 0. The molecule has 5 heteroatoms. The minimum absolute atomic E-state index is 0.133. The molecule has 0 bridgehead atoms. The van der Waals surface area contributed by atoms with Crippen LogP contribution in [0.25, 0.3) is 11.1 Å². The highest BCUT2D eigenvalue weighted by Crippen LogP contribution is 2.26. The van der Waals surface area contributed by atoms with Crippen molar-refractivity contribution >= 4 is 16.9 Å². The molecule has 1 atom stereocenters. The van der Waals surface area contributed by atoms with Crippen molar-refractivity contribution in [2.45, 2.75) is 25.8 Å². The van der Waals surface area contributed by atoms with E-state index in [1.54, 1.807) is 6.92 Å². The Kier molecular flexibility index (Phi) is 3.85. The number of H-pyrrole nitrogens is 1. The number of hydrogen-bond acceptors (Lipinski definition) is 4. The number of carbonyl (C=O) groups is 1. The Hall–Kier alpha value is -1.88. The lowest BCUT2D eigenvalue weighted by Crippen LogP contribution is -2.20. The lowest BCUT2D eigenvalue weighted by Gasteiger charge is -2.24. The van der Waals surface area contributed by atoms with Gasteiger partial charge in [-0.2, -0.15) is 0 Å². The third kappa shape index (κ3) is 3.12. The first-order valence-electron chi connectivity index (χ1n) is 6.26. The van der Waals surface area contributed by atoms with Crippen LogP contribution >= 0.6 is 0 Å². The Morgan fingerprint density at radius 3 is 2.79 bits per heavy atom. The summed E-state index contributed by atoms with van der Waals surface area (Å²) in [6.45, 7) is 1.60. The monoisotopic (exact) mass is 262 g/mol. The molecule has 0 fully saturated rings. The van der Waals surface area contributed by atoms with Crippen LogP contribution in [0, 0.1) is 0 Å². The predicted molar refractivity (Wildman–Crippen MR) is 73.2 cm³/mol. The van der Waals surface area contributed by atoms with E-state index in [1.807, 2.05) is 32.3 Å². The summed E-state index contributed by atoms with van der Waals surface area (Å²) in [5.74, 6) is -0.265. The van der Waals surface area contributed by atoms with Gasteiger partial charge in [-0.05, 0) is 45.1 Å². The van der Waals surface area contributed by atoms with Crippen LogP contribution in [0.15, 0.2) is 27.4 Å². The minimum Gasteiger partial charge on any atom is -0.408 e. The number of fused-ring (bicyclic) bond motifs is 1. The third-order valence-electron chi connectivity index (χ3n) is 3.22. The van der Waals surface area contributed by atoms with Gasteiger partial charge >= 0.3 is 5.76 Å². The Labute approximate surface area is 111 Å². The van der Waals surface area contributed by atoms with Crippen LogP contribution in [0.1, 0.15) is 31.4 Å². The second kappa shape index (κ2) is 5.40. The molecule has 1 aromatic heterocycles. The molecular formula is C14H18N2O3. The number of hydrogen-bond donors (Lipinski definition) is 1. The molecule has 2 aromatic rings. The molecule has 1 N–H and O–H groups in total. The molecule has 102 valence electrons. The molecule has 0 spiro atoms. The topological polar surface area (TPSA) is 66.3 Å². The highest BCUT2D eigenvalue weighted by Gasteiger charge is 2.16. The molecule has 1 unspecified atom stereocenters. The quantitative estimate of drug-likeness (QED) is 0.896. The molecular weight excluding hydrogens is 244 g/mol. The van der Waals surface area contributed by atoms with E-state index in [9.17, 15) is 9.59 Å². The van der Waals surface area contributed by atoms with Crippen LogP contribution in [-0.2, 0) is 4.79 Å². The van der Waals surface area contributed by atoms with E-state index in [0.717, 1.165) is 12.0 Å². The fourth-order valence-corrected chi connectivity index (χ4v) is 2.23. The van der Waals surface area contributed by atoms with E-state index in [1.165, 1.54) is 0 Å². The second-order valence-electron chi connectivity index (χ2n) is 4.99. The van der Waals surface area contributed by atoms with Crippen molar-refractivity contribution < 1.29 is 9.21 Å². The van der Waals surface area contributed by atoms with E-state index in [-0.39, 0.29) is 11.8 Å². The van der Waals surface area contributed by atoms with Gasteiger partial charge in [0.05, 0.1) is 5.52 Å². The van der Waals surface area contributed by atoms with Gasteiger partial charge in [-0.1, -0.05) is 6.07 Å². The zero-order valence-electron chi connectivity index (χ0n) is 11.4. The van der Waals surface area contributed by atoms with E-state index in [2.05, 4.69) is 9.88 Å². The zero-order valence-corrected chi connectivity index (χ0v) is 11.4. The van der Waals surface area contributed by atoms with Crippen LogP contribution in [-0.4, -0.2) is 29.8 Å². The first kappa shape index (κ1) is 13.5. The molecule has 1 aromatic carbocycles. The molecule has 0 radical (unpaired) electrons. The Bertz CT molecular complexity index is 639. The fourth-order valence-electron chi connectivity index (χ4n) is 2.23. The van der Waals surface area contributed by atoms with Crippen LogP contribution < -0.4 is 5.76 Å². The third-order valence-corrected chi connectivity index (χ3v) is 3.22. The number of nitrogens with zero attached hydrogens (tertiary/aromatic N) is 1. The van der Waals surface area contributed by atoms with Gasteiger partial charge in [-0.3, -0.25) is 4.98 Å². The van der Waals surface area contributed by atoms with Crippen LogP contribution in [0.5, 0.6) is 0 Å². The SMILES string of the molecule is CC(=O)CCC(c1ccc2[nH]c(=O)oc2c1)N(C)C. The standard InChI is InChI=1S/C14H18N2O3/c1-9(17)4-7-12(16(2)3)10-5-6-11-13(8-10)19-14(18)15-11/h5-6,8,12H,4,7H2,1-3H3,(H,15,18). The number of benzene rings is 1. The normalized spacial score (nSPS) is 13.1. The van der Waals surface area contributed by atoms with Gasteiger partial charge < -0.3 is 14.1 Å². The van der Waals surface area contributed by atoms with E-state index >= 15 is 0 Å². The second-order valence-corrected chi connectivity index (χ2v) is 4.99. The predicted octanol–water partition coefficient (Wildman–Crippen LogP) is 2.09. The van der Waals surface area contributed by atoms with E-state index in [4.69, 9.17) is 4.42 Å². The molecule has 0 aliphatic heterocycles. The molecule has 19 heavy (non-hydrogen) atoms. The highest BCUT2D eigenvalue weighted by molar-refractivity contribution is 5.75. The number of aromatic nitrogens is 1. The van der Waals surface area contributed by atoms with Gasteiger partial charge in [-0.25, -0.2) is 4.79 Å². The van der Waals surface area contributed by atoms with Gasteiger partial charge in [0, 0.05) is 12.5 Å². The summed E-state index contributed by atoms with van der Waals surface area (Å²) in [7, 11) is 3.95. The molecule has 0 amide bonds. The Balaban J connectivity index is 2.32. The number of Topliss-reactive ketones (excluding diaryl/α,β-unsaturated/α-hetero) is 1. The number of nitrogens with one attached hydrogen (secondary N) is 1. The van der Waals surface area contributed by atoms with Gasteiger partial charge in [0.1, 0.15) is 5.78 Å². The summed E-state index contributed by atoms with van der Waals surface area (Å²) in [6, 6.07) is 5.78. The molecule has 0 aliphatic rings. The minimum atomic E-state index is -0.447. The van der Waals surface area contributed by atoms with Crippen molar-refractivity contribution in [3.63, 3.8) is 0 Å². The maximum absolute atomic E-state index is 11.1. The molecule has 5 nitrogen and oxygen atoms in total. The van der Waals surface area contributed by atoms with Crippen LogP contribution in [0.3, 0.4) is 0 Å². The average molecular weight is 262 g/mol. The number of ketones is 1. The summed E-state index contributed by atoms with van der Waals surface area (Å²) < 4.78 is 5.07. The van der Waals surface area contributed by atoms with E-state index in [0.29, 0.717) is 17.5 Å². The van der Waals surface area contributed by atoms with Crippen molar-refractivity contribution in [1.82, 2.24) is 9.88 Å². The molecule has 1 heterocycles. The van der Waals surface area contributed by atoms with Crippen molar-refractivity contribution in [1.29, 1.82) is 0 Å². The summed E-state index contributed by atoms with van der Waals surface area (Å²) in [4.78, 5) is 27.0. The molecule has 0 saturated carbocycles. The van der Waals surface area contributed by atoms with Gasteiger partial charge in [-0.15, -0.1) is 0 Å². The number of rotatable bonds is 5. The van der Waals surface area contributed by atoms with Gasteiger partial charge in [0.2, 0.25) is 0 Å². The summed E-state index contributed by atoms with van der Waals surface area (Å²) in [6.07, 6.45) is 1.29. The zero-order chi connectivity index (χ0) is 14.0. The Morgan fingerprint density at radius 1 is 1.42 bits per heavy atom. The van der Waals surface area contributed by atoms with E-state index < -0.39 is 5.76 Å². The largest absolute Gasteiger partial charge is 0.417 e. The molecule has 0 aliphatic carbocycles. The number of aromatic amines is 1. The summed E-state index contributed by atoms with van der Waals surface area (Å²) >= 11 is 0. The average Bonchev–Trinajstić information content (AvgIpc) is 2.67. The first-order valence-corrected chi connectivity index (χ1v) is 6.26. The Morgan fingerprint density at radius 2 is 2.16 bits per heavy atom. The number of oxazole rings is 1. The van der Waals surface area contributed by atoms with Crippen molar-refractivity contribution in [3.05, 3.63) is 34.3 Å².